The minimum atomic E-state index is -0.181. The molecule has 0 atom stereocenters. The van der Waals surface area contributed by atoms with Crippen LogP contribution in [0.3, 0.4) is 0 Å². The fraction of sp³-hybridized carbons (Fsp3) is 0.321. The number of carbonyl (C=O) groups excluding carboxylic acids is 1. The Morgan fingerprint density at radius 3 is 2.68 bits per heavy atom. The highest BCUT2D eigenvalue weighted by Gasteiger charge is 2.14. The van der Waals surface area contributed by atoms with Gasteiger partial charge in [-0.3, -0.25) is 14.6 Å². The number of aromatic nitrogens is 2. The Balaban J connectivity index is 1.24. The van der Waals surface area contributed by atoms with Crippen LogP contribution >= 0.6 is 11.3 Å². The Kier molecular flexibility index (Phi) is 9.81. The average Bonchev–Trinajstić information content (AvgIpc) is 3.32. The van der Waals surface area contributed by atoms with Crippen molar-refractivity contribution in [3.8, 4) is 5.75 Å². The first kappa shape index (κ1) is 26.5. The Morgan fingerprint density at radius 2 is 1.86 bits per heavy atom. The maximum Gasteiger partial charge on any atom is 0.305 e. The molecule has 2 aromatic heterocycles. The van der Waals surface area contributed by atoms with Crippen molar-refractivity contribution in [3.63, 3.8) is 0 Å². The predicted molar refractivity (Wildman–Crippen MR) is 146 cm³/mol. The summed E-state index contributed by atoms with van der Waals surface area (Å²) in [6.07, 6.45) is 5.36. The molecule has 0 saturated heterocycles. The topological polar surface area (TPSA) is 108 Å². The van der Waals surface area contributed by atoms with Crippen LogP contribution in [0.5, 0.6) is 5.75 Å². The number of carbonyl (C=O) groups is 1. The van der Waals surface area contributed by atoms with Gasteiger partial charge in [-0.25, -0.2) is 0 Å². The minimum Gasteiger partial charge on any atom is -0.506 e. The van der Waals surface area contributed by atoms with E-state index < -0.39 is 0 Å². The van der Waals surface area contributed by atoms with E-state index in [4.69, 9.17) is 4.74 Å². The van der Waals surface area contributed by atoms with Gasteiger partial charge in [0.25, 0.3) is 0 Å². The number of amides is 1. The van der Waals surface area contributed by atoms with Gasteiger partial charge >= 0.3 is 4.87 Å². The van der Waals surface area contributed by atoms with Crippen LogP contribution in [-0.2, 0) is 28.9 Å². The number of nitrogens with one attached hydrogen (secondary N) is 2. The molecule has 2 aromatic carbocycles. The highest BCUT2D eigenvalue weighted by atomic mass is 32.1. The van der Waals surface area contributed by atoms with Crippen molar-refractivity contribution < 1.29 is 14.6 Å². The number of hydrogen-bond donors (Lipinski definition) is 3. The molecule has 0 aliphatic heterocycles. The molecule has 2 heterocycles. The van der Waals surface area contributed by atoms with Gasteiger partial charge in [0.05, 0.1) is 24.3 Å². The van der Waals surface area contributed by atoms with Crippen LogP contribution in [0, 0.1) is 0 Å². The van der Waals surface area contributed by atoms with E-state index >= 15 is 0 Å². The predicted octanol–water partition coefficient (Wildman–Crippen LogP) is 3.50. The van der Waals surface area contributed by atoms with E-state index in [0.717, 1.165) is 33.6 Å². The van der Waals surface area contributed by atoms with E-state index in [0.29, 0.717) is 57.8 Å². The van der Waals surface area contributed by atoms with Crippen molar-refractivity contribution in [3.05, 3.63) is 93.3 Å². The number of fused-ring (bicyclic) bond motifs is 1. The number of benzene rings is 2. The molecule has 194 valence electrons. The largest absolute Gasteiger partial charge is 0.506 e. The van der Waals surface area contributed by atoms with Crippen LogP contribution in [0.4, 0.5) is 0 Å². The summed E-state index contributed by atoms with van der Waals surface area (Å²) in [4.78, 5) is 33.2. The Morgan fingerprint density at radius 1 is 1.03 bits per heavy atom. The second-order valence-corrected chi connectivity index (χ2v) is 9.72. The molecule has 37 heavy (non-hydrogen) atoms. The zero-order valence-corrected chi connectivity index (χ0v) is 21.5. The SMILES string of the molecule is O=C(CCOCCc1ccccc1)N(CCNCCc1ccc(O)c2[nH]c(=O)sc12)Cc1cccnc1. The molecule has 0 aliphatic carbocycles. The molecule has 0 aliphatic rings. The van der Waals surface area contributed by atoms with Gasteiger partial charge < -0.3 is 25.0 Å². The monoisotopic (exact) mass is 520 g/mol. The van der Waals surface area contributed by atoms with Crippen LogP contribution in [0.2, 0.25) is 0 Å². The summed E-state index contributed by atoms with van der Waals surface area (Å²) < 4.78 is 6.51. The number of phenolic OH excluding ortho intramolecular Hbond substituents is 1. The van der Waals surface area contributed by atoms with Crippen molar-refractivity contribution in [2.24, 2.45) is 0 Å². The molecular weight excluding hydrogens is 488 g/mol. The summed E-state index contributed by atoms with van der Waals surface area (Å²) in [5.41, 5.74) is 3.69. The summed E-state index contributed by atoms with van der Waals surface area (Å²) >= 11 is 1.11. The quantitative estimate of drug-likeness (QED) is 0.220. The lowest BCUT2D eigenvalue weighted by atomic mass is 10.1. The third-order valence-corrected chi connectivity index (χ3v) is 7.01. The van der Waals surface area contributed by atoms with E-state index in [1.807, 2.05) is 41.3 Å². The summed E-state index contributed by atoms with van der Waals surface area (Å²) in [7, 11) is 0. The summed E-state index contributed by atoms with van der Waals surface area (Å²) in [5, 5.41) is 13.4. The van der Waals surface area contributed by atoms with Gasteiger partial charge in [0, 0.05) is 32.0 Å². The first-order chi connectivity index (χ1) is 18.1. The lowest BCUT2D eigenvalue weighted by Gasteiger charge is -2.23. The fourth-order valence-electron chi connectivity index (χ4n) is 4.09. The molecule has 0 saturated carbocycles. The first-order valence-electron chi connectivity index (χ1n) is 12.4. The second kappa shape index (κ2) is 13.7. The van der Waals surface area contributed by atoms with Crippen LogP contribution in [0.1, 0.15) is 23.1 Å². The number of aromatic hydroxyl groups is 1. The first-order valence-corrected chi connectivity index (χ1v) is 13.2. The zero-order chi connectivity index (χ0) is 25.9. The van der Waals surface area contributed by atoms with Gasteiger partial charge in [0.1, 0.15) is 11.3 Å². The Hall–Kier alpha value is -3.53. The molecule has 0 bridgehead atoms. The highest BCUT2D eigenvalue weighted by molar-refractivity contribution is 7.16. The lowest BCUT2D eigenvalue weighted by Crippen LogP contribution is -2.37. The summed E-state index contributed by atoms with van der Waals surface area (Å²) in [6.45, 7) is 3.34. The lowest BCUT2D eigenvalue weighted by molar-refractivity contribution is -0.132. The number of aromatic amines is 1. The van der Waals surface area contributed by atoms with Crippen molar-refractivity contribution in [1.29, 1.82) is 0 Å². The minimum absolute atomic E-state index is 0.0442. The average molecular weight is 521 g/mol. The van der Waals surface area contributed by atoms with Crippen molar-refractivity contribution in [2.45, 2.75) is 25.8 Å². The third-order valence-electron chi connectivity index (χ3n) is 6.06. The molecule has 0 unspecified atom stereocenters. The highest BCUT2D eigenvalue weighted by Crippen LogP contribution is 2.27. The summed E-state index contributed by atoms with van der Waals surface area (Å²) in [6, 6.07) is 17.5. The van der Waals surface area contributed by atoms with Gasteiger partial charge in [0.15, 0.2) is 0 Å². The van der Waals surface area contributed by atoms with Crippen LogP contribution in [0.25, 0.3) is 10.2 Å². The molecule has 3 N–H and O–H groups in total. The molecule has 4 aromatic rings. The fourth-order valence-corrected chi connectivity index (χ4v) is 4.99. The molecule has 4 rings (SSSR count). The molecule has 0 radical (unpaired) electrons. The number of thiazole rings is 1. The normalized spacial score (nSPS) is 11.1. The Bertz CT molecular complexity index is 1320. The number of H-pyrrole nitrogens is 1. The van der Waals surface area contributed by atoms with E-state index in [1.165, 1.54) is 5.56 Å². The van der Waals surface area contributed by atoms with Gasteiger partial charge in [0.2, 0.25) is 5.91 Å². The van der Waals surface area contributed by atoms with Crippen molar-refractivity contribution in [2.75, 3.05) is 32.8 Å². The maximum atomic E-state index is 13.0. The summed E-state index contributed by atoms with van der Waals surface area (Å²) in [5.74, 6) is 0.126. The van der Waals surface area contributed by atoms with Gasteiger partial charge in [-0.1, -0.05) is 53.8 Å². The maximum absolute atomic E-state index is 13.0. The zero-order valence-electron chi connectivity index (χ0n) is 20.7. The number of nitrogens with zero attached hydrogens (tertiary/aromatic N) is 2. The standard InChI is InChI=1S/C28H32N4O4S/c33-24-9-8-23(27-26(24)31-28(35)37-27)10-14-29-15-16-32(20-22-7-4-13-30-19-22)25(34)12-18-36-17-11-21-5-2-1-3-6-21/h1-9,13,19,29,33H,10-12,14-18,20H2,(H,31,35). The number of rotatable bonds is 14. The van der Waals surface area contributed by atoms with Gasteiger partial charge in [-0.05, 0) is 48.2 Å². The molecular formula is C28H32N4O4S. The smallest absolute Gasteiger partial charge is 0.305 e. The van der Waals surface area contributed by atoms with E-state index in [9.17, 15) is 14.7 Å². The number of phenols is 1. The molecule has 0 spiro atoms. The van der Waals surface area contributed by atoms with E-state index in [2.05, 4.69) is 27.4 Å². The van der Waals surface area contributed by atoms with E-state index in [1.54, 1.807) is 18.5 Å². The van der Waals surface area contributed by atoms with E-state index in [-0.39, 0.29) is 16.5 Å². The third kappa shape index (κ3) is 7.98. The van der Waals surface area contributed by atoms with Crippen LogP contribution in [0.15, 0.2) is 71.8 Å². The molecule has 1 amide bonds. The van der Waals surface area contributed by atoms with Crippen molar-refractivity contribution in [1.82, 2.24) is 20.2 Å². The van der Waals surface area contributed by atoms with Crippen molar-refractivity contribution >= 4 is 27.5 Å². The molecule has 9 heteroatoms. The van der Waals surface area contributed by atoms with Gasteiger partial charge in [-0.2, -0.15) is 0 Å². The molecule has 8 nitrogen and oxygen atoms in total. The Labute approximate surface area is 219 Å². The second-order valence-electron chi connectivity index (χ2n) is 8.74. The number of pyridine rings is 1. The molecule has 0 fully saturated rings. The number of hydrogen-bond acceptors (Lipinski definition) is 7. The number of ether oxygens (including phenoxy) is 1. The van der Waals surface area contributed by atoms with Gasteiger partial charge in [-0.15, -0.1) is 0 Å². The van der Waals surface area contributed by atoms with Crippen LogP contribution < -0.4 is 10.2 Å². The van der Waals surface area contributed by atoms with Crippen LogP contribution in [-0.4, -0.2) is 58.7 Å².